The number of anilines is 2. The lowest BCUT2D eigenvalue weighted by atomic mass is 10.2. The third-order valence-corrected chi connectivity index (χ3v) is 5.44. The van der Waals surface area contributed by atoms with E-state index in [-0.39, 0.29) is 30.7 Å². The van der Waals surface area contributed by atoms with Crippen LogP contribution in [0.25, 0.3) is 0 Å². The van der Waals surface area contributed by atoms with Crippen LogP contribution in [0.15, 0.2) is 78.9 Å². The van der Waals surface area contributed by atoms with E-state index in [0.717, 1.165) is 5.75 Å². The average molecular weight is 463 g/mol. The van der Waals surface area contributed by atoms with Crippen molar-refractivity contribution in [2.45, 2.75) is 0 Å². The molecule has 2 amide bonds. The van der Waals surface area contributed by atoms with Crippen LogP contribution in [0.1, 0.15) is 0 Å². The molecule has 0 saturated carbocycles. The van der Waals surface area contributed by atoms with Crippen LogP contribution in [-0.4, -0.2) is 60.9 Å². The van der Waals surface area contributed by atoms with Gasteiger partial charge in [0.15, 0.2) is 0 Å². The van der Waals surface area contributed by atoms with Crippen molar-refractivity contribution >= 4 is 23.2 Å². The Balaban J connectivity index is 1.16. The highest BCUT2D eigenvalue weighted by Crippen LogP contribution is 2.22. The number of hydrogen-bond acceptors (Lipinski definition) is 5. The lowest BCUT2D eigenvalue weighted by molar-refractivity contribution is -0.120. The number of hydrogen-bond donors (Lipinski definition) is 2. The van der Waals surface area contributed by atoms with E-state index in [2.05, 4.69) is 15.5 Å². The molecule has 1 saturated heterocycles. The number of halogens is 1. The number of rotatable bonds is 8. The van der Waals surface area contributed by atoms with E-state index >= 15 is 0 Å². The number of nitrogens with zero attached hydrogens (tertiary/aromatic N) is 2. The van der Waals surface area contributed by atoms with Gasteiger partial charge in [-0.15, -0.1) is 0 Å². The molecule has 7 nitrogen and oxygen atoms in total. The summed E-state index contributed by atoms with van der Waals surface area (Å²) >= 11 is 0. The van der Waals surface area contributed by atoms with Gasteiger partial charge in [0.2, 0.25) is 11.8 Å². The molecule has 1 fully saturated rings. The van der Waals surface area contributed by atoms with Crippen LogP contribution in [0.4, 0.5) is 15.8 Å². The van der Waals surface area contributed by atoms with Gasteiger partial charge in [-0.05, 0) is 60.7 Å². The van der Waals surface area contributed by atoms with Crippen LogP contribution >= 0.6 is 0 Å². The molecule has 3 aromatic carbocycles. The quantitative estimate of drug-likeness (QED) is 0.533. The number of piperazine rings is 1. The van der Waals surface area contributed by atoms with Gasteiger partial charge in [0, 0.05) is 37.6 Å². The van der Waals surface area contributed by atoms with Gasteiger partial charge >= 0.3 is 0 Å². The summed E-state index contributed by atoms with van der Waals surface area (Å²) in [6, 6.07) is 22.5. The van der Waals surface area contributed by atoms with E-state index in [1.165, 1.54) is 24.3 Å². The second-order valence-electron chi connectivity index (χ2n) is 8.10. The number of carbonyl (C=O) groups is 2. The van der Waals surface area contributed by atoms with Gasteiger partial charge in [-0.2, -0.15) is 0 Å². The van der Waals surface area contributed by atoms with Crippen LogP contribution < -0.4 is 15.4 Å². The van der Waals surface area contributed by atoms with Crippen molar-refractivity contribution < 1.29 is 18.7 Å². The summed E-state index contributed by atoms with van der Waals surface area (Å²) in [7, 11) is 0. The molecule has 8 heteroatoms. The third kappa shape index (κ3) is 7.13. The zero-order valence-corrected chi connectivity index (χ0v) is 18.7. The first-order chi connectivity index (χ1) is 16.5. The Morgan fingerprint density at radius 3 is 1.62 bits per heavy atom. The molecular weight excluding hydrogens is 435 g/mol. The van der Waals surface area contributed by atoms with E-state index in [1.54, 1.807) is 0 Å². The summed E-state index contributed by atoms with van der Waals surface area (Å²) in [6.07, 6.45) is 0. The molecule has 0 aromatic heterocycles. The van der Waals surface area contributed by atoms with Crippen molar-refractivity contribution in [1.29, 1.82) is 0 Å². The molecule has 1 aliphatic rings. The molecule has 34 heavy (non-hydrogen) atoms. The first-order valence-electron chi connectivity index (χ1n) is 11.2. The van der Waals surface area contributed by atoms with Crippen molar-refractivity contribution in [2.75, 3.05) is 49.9 Å². The molecule has 0 spiro atoms. The summed E-state index contributed by atoms with van der Waals surface area (Å²) in [5.74, 6) is 0.888. The second-order valence-corrected chi connectivity index (χ2v) is 8.10. The monoisotopic (exact) mass is 462 g/mol. The summed E-state index contributed by atoms with van der Waals surface area (Å²) in [5.41, 5.74) is 1.28. The molecule has 0 radical (unpaired) electrons. The maximum Gasteiger partial charge on any atom is 0.238 e. The molecule has 1 heterocycles. The smallest absolute Gasteiger partial charge is 0.238 e. The normalized spacial score (nSPS) is 14.4. The zero-order chi connectivity index (χ0) is 23.8. The summed E-state index contributed by atoms with van der Waals surface area (Å²) in [6.45, 7) is 3.32. The maximum atomic E-state index is 13.0. The fourth-order valence-corrected chi connectivity index (χ4v) is 3.68. The van der Waals surface area contributed by atoms with Crippen LogP contribution in [0, 0.1) is 5.82 Å². The Labute approximate surface area is 198 Å². The van der Waals surface area contributed by atoms with Crippen LogP contribution in [0.3, 0.4) is 0 Å². The van der Waals surface area contributed by atoms with Crippen LogP contribution in [0.5, 0.6) is 11.5 Å². The first kappa shape index (κ1) is 23.4. The molecule has 2 N–H and O–H groups in total. The van der Waals surface area contributed by atoms with Gasteiger partial charge in [0.1, 0.15) is 17.3 Å². The SMILES string of the molecule is O=C(CN1CCN(CC(=O)Nc2ccc(Oc3ccccc3)cc2)CC1)Nc1ccc(F)cc1. The van der Waals surface area contributed by atoms with Gasteiger partial charge in [0.25, 0.3) is 0 Å². The van der Waals surface area contributed by atoms with Gasteiger partial charge in [-0.3, -0.25) is 19.4 Å². The van der Waals surface area contributed by atoms with E-state index < -0.39 is 0 Å². The van der Waals surface area contributed by atoms with Gasteiger partial charge in [-0.25, -0.2) is 4.39 Å². The lowest BCUT2D eigenvalue weighted by Gasteiger charge is -2.33. The van der Waals surface area contributed by atoms with Crippen molar-refractivity contribution in [2.24, 2.45) is 0 Å². The topological polar surface area (TPSA) is 73.9 Å². The largest absolute Gasteiger partial charge is 0.457 e. The fraction of sp³-hybridized carbons (Fsp3) is 0.231. The molecule has 4 rings (SSSR count). The maximum absolute atomic E-state index is 13.0. The fourth-order valence-electron chi connectivity index (χ4n) is 3.68. The molecule has 0 atom stereocenters. The highest BCUT2D eigenvalue weighted by molar-refractivity contribution is 5.92. The highest BCUT2D eigenvalue weighted by atomic mass is 19.1. The van der Waals surface area contributed by atoms with Crippen LogP contribution in [0.2, 0.25) is 0 Å². The zero-order valence-electron chi connectivity index (χ0n) is 18.7. The first-order valence-corrected chi connectivity index (χ1v) is 11.2. The number of para-hydroxylation sites is 1. The summed E-state index contributed by atoms with van der Waals surface area (Å²) in [4.78, 5) is 28.8. The minimum Gasteiger partial charge on any atom is -0.457 e. The van der Waals surface area contributed by atoms with Crippen molar-refractivity contribution in [3.63, 3.8) is 0 Å². The number of amides is 2. The Kier molecular flexibility index (Phi) is 7.85. The molecule has 3 aromatic rings. The van der Waals surface area contributed by atoms with E-state index in [1.807, 2.05) is 59.5 Å². The Morgan fingerprint density at radius 2 is 1.12 bits per heavy atom. The van der Waals surface area contributed by atoms with E-state index in [9.17, 15) is 14.0 Å². The molecule has 176 valence electrons. The van der Waals surface area contributed by atoms with E-state index in [0.29, 0.717) is 43.3 Å². The minimum atomic E-state index is -0.341. The number of carbonyl (C=O) groups excluding carboxylic acids is 2. The van der Waals surface area contributed by atoms with Gasteiger partial charge in [-0.1, -0.05) is 18.2 Å². The predicted octanol–water partition coefficient (Wildman–Crippen LogP) is 3.81. The van der Waals surface area contributed by atoms with Crippen molar-refractivity contribution in [3.05, 3.63) is 84.7 Å². The molecule has 1 aliphatic heterocycles. The molecular formula is C26H27FN4O3. The average Bonchev–Trinajstić information content (AvgIpc) is 2.84. The van der Waals surface area contributed by atoms with Crippen molar-refractivity contribution in [3.8, 4) is 11.5 Å². The minimum absolute atomic E-state index is 0.0840. The predicted molar refractivity (Wildman–Crippen MR) is 129 cm³/mol. The standard InChI is InChI=1S/C26H27FN4O3/c27-20-6-8-21(9-7-20)28-25(32)18-30-14-16-31(17-15-30)19-26(33)29-22-10-12-24(13-11-22)34-23-4-2-1-3-5-23/h1-13H,14-19H2,(H,28,32)(H,29,33). The lowest BCUT2D eigenvalue weighted by Crippen LogP contribution is -2.50. The van der Waals surface area contributed by atoms with Gasteiger partial charge < -0.3 is 15.4 Å². The number of nitrogens with one attached hydrogen (secondary N) is 2. The Morgan fingerprint density at radius 1 is 0.676 bits per heavy atom. The van der Waals surface area contributed by atoms with E-state index in [4.69, 9.17) is 4.74 Å². The Bertz CT molecular complexity index is 1080. The molecule has 0 aliphatic carbocycles. The second kappa shape index (κ2) is 11.4. The number of ether oxygens (including phenoxy) is 1. The summed E-state index contributed by atoms with van der Waals surface area (Å²) in [5, 5.41) is 5.69. The van der Waals surface area contributed by atoms with Crippen molar-refractivity contribution in [1.82, 2.24) is 9.80 Å². The molecule has 0 bridgehead atoms. The Hall–Kier alpha value is -3.75. The number of benzene rings is 3. The summed E-state index contributed by atoms with van der Waals surface area (Å²) < 4.78 is 18.7. The van der Waals surface area contributed by atoms with Crippen LogP contribution in [-0.2, 0) is 9.59 Å². The third-order valence-electron chi connectivity index (χ3n) is 5.44. The highest BCUT2D eigenvalue weighted by Gasteiger charge is 2.20. The molecule has 0 unspecified atom stereocenters. The van der Waals surface area contributed by atoms with Gasteiger partial charge in [0.05, 0.1) is 13.1 Å².